The first-order valence-electron chi connectivity index (χ1n) is 9.74. The van der Waals surface area contributed by atoms with E-state index in [-0.39, 0.29) is 5.76 Å². The van der Waals surface area contributed by atoms with E-state index in [0.717, 1.165) is 16.9 Å². The summed E-state index contributed by atoms with van der Waals surface area (Å²) >= 11 is 0. The minimum absolute atomic E-state index is 0.130. The van der Waals surface area contributed by atoms with Crippen molar-refractivity contribution in [1.82, 2.24) is 9.55 Å². The minimum Gasteiger partial charge on any atom is -0.507 e. The highest BCUT2D eigenvalue weighted by Crippen LogP contribution is 2.43. The number of allylic oxidation sites excluding steroid dienone is 1. The van der Waals surface area contributed by atoms with E-state index in [1.165, 1.54) is 4.57 Å². The molecule has 0 fully saturated rings. The summed E-state index contributed by atoms with van der Waals surface area (Å²) in [7, 11) is 1.61. The normalized spacial score (nSPS) is 16.6. The number of aliphatic hydroxyl groups excluding tert-OH is 1. The van der Waals surface area contributed by atoms with Gasteiger partial charge in [0.05, 0.1) is 25.1 Å². The lowest BCUT2D eigenvalue weighted by Gasteiger charge is -2.23. The second-order valence-electron chi connectivity index (χ2n) is 7.32. The lowest BCUT2D eigenvalue weighted by molar-refractivity contribution is -0.363. The molecule has 2 heterocycles. The average Bonchev–Trinajstić information content (AvgIpc) is 3.04. The molecule has 1 unspecified atom stereocenters. The van der Waals surface area contributed by atoms with E-state index in [1.54, 1.807) is 7.05 Å². The van der Waals surface area contributed by atoms with Crippen molar-refractivity contribution in [1.29, 1.82) is 0 Å². The Morgan fingerprint density at radius 3 is 2.50 bits per heavy atom. The summed E-state index contributed by atoms with van der Waals surface area (Å²) in [5, 5.41) is 11.1. The van der Waals surface area contributed by atoms with Gasteiger partial charge in [-0.2, -0.15) is 4.57 Å². The molecular weight excluding hydrogens is 382 g/mol. The number of ether oxygens (including phenoxy) is 1. The highest BCUT2D eigenvalue weighted by atomic mass is 16.5. The lowest BCUT2D eigenvalue weighted by atomic mass is 9.81. The number of aromatic nitrogens is 2. The van der Waals surface area contributed by atoms with E-state index in [1.807, 2.05) is 55.5 Å². The Morgan fingerprint density at radius 2 is 1.80 bits per heavy atom. The third kappa shape index (κ3) is 2.48. The van der Waals surface area contributed by atoms with E-state index in [0.29, 0.717) is 34.8 Å². The number of nitrogens with zero attached hydrogens (tertiary/aromatic N) is 1. The number of H-pyrrole nitrogens is 1. The van der Waals surface area contributed by atoms with E-state index < -0.39 is 17.2 Å². The monoisotopic (exact) mass is 402 g/mol. The van der Waals surface area contributed by atoms with Gasteiger partial charge in [0.2, 0.25) is 0 Å². The van der Waals surface area contributed by atoms with Crippen molar-refractivity contribution in [2.45, 2.75) is 12.8 Å². The smallest absolute Gasteiger partial charge is 0.415 e. The van der Waals surface area contributed by atoms with Crippen molar-refractivity contribution in [2.24, 2.45) is 7.05 Å². The van der Waals surface area contributed by atoms with Crippen LogP contribution in [-0.4, -0.2) is 27.0 Å². The van der Waals surface area contributed by atoms with Gasteiger partial charge in [0, 0.05) is 11.1 Å². The molecule has 1 aliphatic heterocycles. The zero-order valence-electron chi connectivity index (χ0n) is 16.5. The fourth-order valence-corrected chi connectivity index (χ4v) is 4.31. The molecule has 3 N–H and O–H groups in total. The second-order valence-corrected chi connectivity index (χ2v) is 7.32. The summed E-state index contributed by atoms with van der Waals surface area (Å²) in [5.74, 6) is 0.730. The summed E-state index contributed by atoms with van der Waals surface area (Å²) in [4.78, 5) is 30.8. The first-order chi connectivity index (χ1) is 14.5. The van der Waals surface area contributed by atoms with E-state index in [2.05, 4.69) is 9.98 Å². The van der Waals surface area contributed by atoms with Crippen LogP contribution in [0.15, 0.2) is 63.7 Å². The third-order valence-corrected chi connectivity index (χ3v) is 5.68. The zero-order chi connectivity index (χ0) is 21.0. The van der Waals surface area contributed by atoms with Crippen LogP contribution < -0.4 is 21.0 Å². The Labute approximate surface area is 171 Å². The number of aliphatic hydroxyl groups is 1. The Kier molecular flexibility index (Phi) is 3.99. The number of aromatic amines is 1. The fraction of sp³-hybridized carbons (Fsp3) is 0.174. The summed E-state index contributed by atoms with van der Waals surface area (Å²) < 4.78 is 6.93. The fourth-order valence-electron chi connectivity index (χ4n) is 4.31. The maximum absolute atomic E-state index is 12.9. The molecule has 30 heavy (non-hydrogen) atoms. The molecule has 0 saturated carbocycles. The van der Waals surface area contributed by atoms with Crippen molar-refractivity contribution in [2.75, 3.05) is 6.61 Å². The average molecular weight is 402 g/mol. The molecule has 0 bridgehead atoms. The van der Waals surface area contributed by atoms with Crippen LogP contribution in [0.2, 0.25) is 0 Å². The van der Waals surface area contributed by atoms with Crippen LogP contribution in [0.1, 0.15) is 35.1 Å². The molecule has 2 aromatic carbocycles. The number of nitrogens with one attached hydrogen (secondary N) is 2. The number of fused-ring (bicyclic) bond motifs is 4. The lowest BCUT2D eigenvalue weighted by Crippen LogP contribution is -2.72. The van der Waals surface area contributed by atoms with Gasteiger partial charge in [-0.25, -0.2) is 9.79 Å². The molecule has 0 spiro atoms. The Balaban J connectivity index is 1.83. The predicted octanol–water partition coefficient (Wildman–Crippen LogP) is 1.10. The largest absolute Gasteiger partial charge is 0.507 e. The Morgan fingerprint density at radius 1 is 1.10 bits per heavy atom. The Hall–Kier alpha value is -3.87. The van der Waals surface area contributed by atoms with Crippen molar-refractivity contribution in [3.8, 4) is 5.75 Å². The van der Waals surface area contributed by atoms with Gasteiger partial charge in [0.1, 0.15) is 22.8 Å². The van der Waals surface area contributed by atoms with Crippen LogP contribution in [0.3, 0.4) is 0 Å². The molecule has 0 radical (unpaired) electrons. The third-order valence-electron chi connectivity index (χ3n) is 5.68. The topological polar surface area (TPSA) is 98.3 Å². The number of rotatable bonds is 3. The maximum Gasteiger partial charge on any atom is 0.415 e. The number of hydrogen-bond acceptors (Lipinski definition) is 4. The molecule has 150 valence electrons. The molecule has 3 aromatic rings. The molecule has 1 aliphatic carbocycles. The van der Waals surface area contributed by atoms with Gasteiger partial charge in [-0.3, -0.25) is 9.78 Å². The van der Waals surface area contributed by atoms with Crippen molar-refractivity contribution < 1.29 is 14.8 Å². The molecule has 5 rings (SSSR count). The minimum atomic E-state index is -0.546. The van der Waals surface area contributed by atoms with E-state index in [9.17, 15) is 14.7 Å². The highest BCUT2D eigenvalue weighted by Gasteiger charge is 2.43. The van der Waals surface area contributed by atoms with Crippen LogP contribution in [0.5, 0.6) is 5.75 Å². The molecule has 0 saturated heterocycles. The number of benzene rings is 2. The van der Waals surface area contributed by atoms with Gasteiger partial charge < -0.3 is 9.84 Å². The summed E-state index contributed by atoms with van der Waals surface area (Å²) in [6.45, 7) is 2.47. The van der Waals surface area contributed by atoms with E-state index >= 15 is 0 Å². The van der Waals surface area contributed by atoms with Crippen LogP contribution in [0.25, 0.3) is 5.76 Å². The van der Waals surface area contributed by atoms with Gasteiger partial charge in [-0.1, -0.05) is 30.3 Å². The van der Waals surface area contributed by atoms with Crippen LogP contribution in [-0.2, 0) is 7.05 Å². The standard InChI is InChI=1S/C23H19N3O4/c1-3-30-13-10-8-12(9-11-13)16-17-19(14-6-4-5-7-15(14)20(17)27)24-21-18(16)22(28)25-23(29)26(21)2/h4-11,16,27H,3H2,1-2H3,(H,25,28,29)/p+1. The zero-order valence-corrected chi connectivity index (χ0v) is 16.5. The van der Waals surface area contributed by atoms with Gasteiger partial charge in [-0.05, 0) is 30.7 Å². The molecule has 1 atom stereocenters. The van der Waals surface area contributed by atoms with Crippen molar-refractivity contribution in [3.05, 3.63) is 97.2 Å². The predicted molar refractivity (Wildman–Crippen MR) is 112 cm³/mol. The van der Waals surface area contributed by atoms with Crippen molar-refractivity contribution in [3.63, 3.8) is 0 Å². The summed E-state index contributed by atoms with van der Waals surface area (Å²) in [6, 6.07) is 15.0. The quantitative estimate of drug-likeness (QED) is 0.611. The molecule has 0 amide bonds. The maximum atomic E-state index is 12.9. The number of hydrogen-bond donors (Lipinski definition) is 3. The van der Waals surface area contributed by atoms with Crippen LogP contribution in [0.4, 0.5) is 5.82 Å². The Bertz CT molecular complexity index is 1360. The molecule has 2 aliphatic rings. The van der Waals surface area contributed by atoms with E-state index in [4.69, 9.17) is 4.74 Å². The molecule has 1 aromatic heterocycles. The van der Waals surface area contributed by atoms with Crippen LogP contribution in [0, 0.1) is 0 Å². The molecular formula is C23H20N3O4+. The summed E-state index contributed by atoms with van der Waals surface area (Å²) in [6.07, 6.45) is 0. The van der Waals surface area contributed by atoms with Gasteiger partial charge in [0.25, 0.3) is 11.4 Å². The van der Waals surface area contributed by atoms with Gasteiger partial charge >= 0.3 is 5.69 Å². The van der Waals surface area contributed by atoms with Crippen molar-refractivity contribution >= 4 is 17.3 Å². The van der Waals surface area contributed by atoms with Gasteiger partial charge in [-0.15, -0.1) is 0 Å². The highest BCUT2D eigenvalue weighted by molar-refractivity contribution is 6.21. The molecule has 7 nitrogen and oxygen atoms in total. The molecule has 7 heteroatoms. The summed E-state index contributed by atoms with van der Waals surface area (Å²) in [5.41, 5.74) is 3.08. The second kappa shape index (κ2) is 6.59. The first-order valence-corrected chi connectivity index (χ1v) is 9.74. The first kappa shape index (κ1) is 18.2. The SMILES string of the molecule is CCOc1ccc(C2C3=C(O)c4ccccc4C3=[NH+]c3c2c(=O)[nH]c(=O)n3C)cc1. The van der Waals surface area contributed by atoms with Crippen LogP contribution >= 0.6 is 0 Å². The van der Waals surface area contributed by atoms with Gasteiger partial charge in [0.15, 0.2) is 0 Å².